The van der Waals surface area contributed by atoms with Gasteiger partial charge in [-0.2, -0.15) is 0 Å². The Morgan fingerprint density at radius 2 is 1.73 bits per heavy atom. The first kappa shape index (κ1) is 34.4. The van der Waals surface area contributed by atoms with E-state index >= 15 is 0 Å². The SMILES string of the molecule is COCCN1CCn2c(c(C3CCCCC3)c3ccc(C(=O)NC4(C(=O)Nc5ccc(/C=C/C(=O)O)cc5)CCC4)cc32)-c2ccc(OC)cc21. The number of carboxylic acid groups (broad SMARTS) is 1. The highest BCUT2D eigenvalue weighted by Crippen LogP contribution is 2.48. The number of amides is 2. The maximum atomic E-state index is 14.0. The quantitative estimate of drug-likeness (QED) is 0.142. The second-order valence-corrected chi connectivity index (χ2v) is 14.0. The Morgan fingerprint density at radius 1 is 0.941 bits per heavy atom. The third-order valence-electron chi connectivity index (χ3n) is 10.9. The number of hydrogen-bond donors (Lipinski definition) is 3. The predicted molar refractivity (Wildman–Crippen MR) is 200 cm³/mol. The lowest BCUT2D eigenvalue weighted by Crippen LogP contribution is -2.61. The number of benzene rings is 3. The van der Waals surface area contributed by atoms with E-state index in [2.05, 4.69) is 38.3 Å². The first-order chi connectivity index (χ1) is 24.8. The second kappa shape index (κ2) is 14.6. The number of methoxy groups -OCH3 is 2. The van der Waals surface area contributed by atoms with Crippen molar-refractivity contribution in [3.8, 4) is 17.0 Å². The van der Waals surface area contributed by atoms with Crippen LogP contribution in [0.4, 0.5) is 11.4 Å². The van der Waals surface area contributed by atoms with Crippen LogP contribution in [0.2, 0.25) is 0 Å². The highest BCUT2D eigenvalue weighted by molar-refractivity contribution is 6.06. The van der Waals surface area contributed by atoms with Crippen molar-refractivity contribution in [3.63, 3.8) is 0 Å². The van der Waals surface area contributed by atoms with Gasteiger partial charge in [0.05, 0.1) is 19.4 Å². The van der Waals surface area contributed by atoms with Crippen molar-refractivity contribution in [1.29, 1.82) is 0 Å². The molecule has 1 aliphatic heterocycles. The summed E-state index contributed by atoms with van der Waals surface area (Å²) in [5, 5.41) is 16.2. The highest BCUT2D eigenvalue weighted by Gasteiger charge is 2.45. The molecule has 3 aromatic carbocycles. The molecule has 2 heterocycles. The maximum Gasteiger partial charge on any atom is 0.328 e. The van der Waals surface area contributed by atoms with E-state index in [1.165, 1.54) is 47.5 Å². The molecular formula is C41H46N4O6. The molecule has 2 fully saturated rings. The first-order valence-electron chi connectivity index (χ1n) is 18.0. The number of carbonyl (C=O) groups excluding carboxylic acids is 2. The van der Waals surface area contributed by atoms with Gasteiger partial charge in [-0.05, 0) is 91.6 Å². The maximum absolute atomic E-state index is 14.0. The molecule has 7 rings (SSSR count). The predicted octanol–water partition coefficient (Wildman–Crippen LogP) is 7.22. The number of nitrogens with zero attached hydrogens (tertiary/aromatic N) is 2. The largest absolute Gasteiger partial charge is 0.497 e. The number of nitrogens with one attached hydrogen (secondary N) is 2. The van der Waals surface area contributed by atoms with E-state index in [1.807, 2.05) is 18.2 Å². The molecule has 10 nitrogen and oxygen atoms in total. The number of carbonyl (C=O) groups is 3. The molecule has 0 atom stereocenters. The summed E-state index contributed by atoms with van der Waals surface area (Å²) in [5.41, 5.74) is 6.76. The Morgan fingerprint density at radius 3 is 2.41 bits per heavy atom. The van der Waals surface area contributed by atoms with Crippen LogP contribution in [-0.4, -0.2) is 66.9 Å². The number of ether oxygens (including phenoxy) is 2. The van der Waals surface area contributed by atoms with Crippen LogP contribution in [0.1, 0.15) is 78.8 Å². The Labute approximate surface area is 298 Å². The van der Waals surface area contributed by atoms with Crippen molar-refractivity contribution in [1.82, 2.24) is 9.88 Å². The average Bonchev–Trinajstić information content (AvgIpc) is 3.37. The van der Waals surface area contributed by atoms with Gasteiger partial charge in [-0.3, -0.25) is 9.59 Å². The van der Waals surface area contributed by atoms with E-state index in [0.29, 0.717) is 42.2 Å². The molecule has 10 heteroatoms. The van der Waals surface area contributed by atoms with Crippen molar-refractivity contribution in [2.45, 2.75) is 69.4 Å². The first-order valence-corrected chi connectivity index (χ1v) is 18.0. The molecule has 2 amide bonds. The van der Waals surface area contributed by atoms with Gasteiger partial charge in [0.2, 0.25) is 5.91 Å². The lowest BCUT2D eigenvalue weighted by molar-refractivity contribution is -0.131. The van der Waals surface area contributed by atoms with Crippen LogP contribution < -0.4 is 20.3 Å². The molecule has 0 radical (unpaired) electrons. The van der Waals surface area contributed by atoms with Gasteiger partial charge in [-0.1, -0.05) is 37.5 Å². The number of fused-ring (bicyclic) bond motifs is 5. The van der Waals surface area contributed by atoms with Gasteiger partial charge in [-0.25, -0.2) is 4.79 Å². The molecule has 0 unspecified atom stereocenters. The molecule has 3 aliphatic rings. The molecular weight excluding hydrogens is 644 g/mol. The zero-order valence-corrected chi connectivity index (χ0v) is 29.4. The summed E-state index contributed by atoms with van der Waals surface area (Å²) in [4.78, 5) is 40.9. The summed E-state index contributed by atoms with van der Waals surface area (Å²) in [6, 6.07) is 19.4. The van der Waals surface area contributed by atoms with E-state index in [0.717, 1.165) is 61.9 Å². The summed E-state index contributed by atoms with van der Waals surface area (Å²) in [5.74, 6) is -0.297. The fourth-order valence-electron chi connectivity index (χ4n) is 8.04. The van der Waals surface area contributed by atoms with Gasteiger partial charge in [0.25, 0.3) is 5.91 Å². The standard InChI is InChI=1S/C41H46N4O6/c1-50-24-23-44-21-22-45-35-25-29(39(48)43-41(19-6-20-41)40(49)42-30-13-9-27(10-14-30)11-18-36(46)47)12-16-32(35)37(28-7-4-3-5-8-28)38(45)33-17-15-31(51-2)26-34(33)44/h9-18,25-26,28H,3-8,19-24H2,1-2H3,(H,42,49)(H,43,48)(H,46,47)/b18-11+. The van der Waals surface area contributed by atoms with Crippen LogP contribution in [0, 0.1) is 0 Å². The molecule has 51 heavy (non-hydrogen) atoms. The third kappa shape index (κ3) is 6.85. The summed E-state index contributed by atoms with van der Waals surface area (Å²) >= 11 is 0. The van der Waals surface area contributed by atoms with Crippen LogP contribution in [0.3, 0.4) is 0 Å². The number of aliphatic carboxylic acids is 1. The second-order valence-electron chi connectivity index (χ2n) is 14.0. The summed E-state index contributed by atoms with van der Waals surface area (Å²) in [7, 11) is 3.43. The van der Waals surface area contributed by atoms with Gasteiger partial charge in [0.1, 0.15) is 11.3 Å². The number of hydrogen-bond acceptors (Lipinski definition) is 6. The van der Waals surface area contributed by atoms with Crippen LogP contribution in [-0.2, 0) is 20.9 Å². The smallest absolute Gasteiger partial charge is 0.328 e. The van der Waals surface area contributed by atoms with Gasteiger partial charge < -0.3 is 34.7 Å². The molecule has 0 saturated heterocycles. The summed E-state index contributed by atoms with van der Waals surface area (Å²) in [6.07, 6.45) is 10.5. The van der Waals surface area contributed by atoms with E-state index in [1.54, 1.807) is 38.5 Å². The lowest BCUT2D eigenvalue weighted by atomic mass is 9.75. The number of carboxylic acids is 1. The minimum absolute atomic E-state index is 0.253. The molecule has 266 valence electrons. The fourth-order valence-corrected chi connectivity index (χ4v) is 8.04. The molecule has 1 aromatic heterocycles. The Hall–Kier alpha value is -5.09. The lowest BCUT2D eigenvalue weighted by Gasteiger charge is -2.40. The molecule has 0 bridgehead atoms. The number of anilines is 2. The van der Waals surface area contributed by atoms with E-state index in [4.69, 9.17) is 14.6 Å². The van der Waals surface area contributed by atoms with E-state index in [-0.39, 0.29) is 11.8 Å². The number of aromatic nitrogens is 1. The van der Waals surface area contributed by atoms with Crippen LogP contribution in [0.15, 0.2) is 66.7 Å². The minimum Gasteiger partial charge on any atom is -0.497 e. The van der Waals surface area contributed by atoms with Crippen molar-refractivity contribution in [2.75, 3.05) is 44.1 Å². The molecule has 4 aromatic rings. The van der Waals surface area contributed by atoms with Crippen molar-refractivity contribution >= 4 is 46.1 Å². The molecule has 2 saturated carbocycles. The fraction of sp³-hybridized carbons (Fsp3) is 0.390. The zero-order chi connectivity index (χ0) is 35.5. The monoisotopic (exact) mass is 690 g/mol. The van der Waals surface area contributed by atoms with Gasteiger partial charge in [0, 0.05) is 72.3 Å². The summed E-state index contributed by atoms with van der Waals surface area (Å²) < 4.78 is 13.6. The van der Waals surface area contributed by atoms with Crippen LogP contribution >= 0.6 is 0 Å². The van der Waals surface area contributed by atoms with Crippen molar-refractivity contribution in [3.05, 3.63) is 83.4 Å². The number of rotatable bonds is 11. The minimum atomic E-state index is -1.03. The summed E-state index contributed by atoms with van der Waals surface area (Å²) in [6.45, 7) is 2.89. The van der Waals surface area contributed by atoms with E-state index in [9.17, 15) is 14.4 Å². The Balaban J connectivity index is 1.22. The third-order valence-corrected chi connectivity index (χ3v) is 10.9. The van der Waals surface area contributed by atoms with Crippen LogP contribution in [0.25, 0.3) is 28.2 Å². The zero-order valence-electron chi connectivity index (χ0n) is 29.4. The Kier molecular flexibility index (Phi) is 9.86. The van der Waals surface area contributed by atoms with Crippen molar-refractivity contribution < 1.29 is 29.0 Å². The van der Waals surface area contributed by atoms with Crippen molar-refractivity contribution in [2.24, 2.45) is 0 Å². The Bertz CT molecular complexity index is 1970. The molecule has 3 N–H and O–H groups in total. The highest BCUT2D eigenvalue weighted by atomic mass is 16.5. The van der Waals surface area contributed by atoms with Gasteiger partial charge in [0.15, 0.2) is 0 Å². The average molecular weight is 691 g/mol. The van der Waals surface area contributed by atoms with Gasteiger partial charge in [-0.15, -0.1) is 0 Å². The van der Waals surface area contributed by atoms with Gasteiger partial charge >= 0.3 is 5.97 Å². The topological polar surface area (TPSA) is 122 Å². The molecule has 0 spiro atoms. The molecule has 2 aliphatic carbocycles. The van der Waals surface area contributed by atoms with E-state index < -0.39 is 11.5 Å². The normalized spacial score (nSPS) is 16.9. The van der Waals surface area contributed by atoms with Crippen LogP contribution in [0.5, 0.6) is 5.75 Å².